The van der Waals surface area contributed by atoms with E-state index in [1.165, 1.54) is 5.57 Å². The Balaban J connectivity index is 2.65. The summed E-state index contributed by atoms with van der Waals surface area (Å²) in [5.41, 5.74) is 0.689. The zero-order chi connectivity index (χ0) is 7.61. The van der Waals surface area contributed by atoms with Crippen LogP contribution >= 0.6 is 0 Å². The molecule has 0 bridgehead atoms. The van der Waals surface area contributed by atoms with Crippen LogP contribution in [-0.2, 0) is 0 Å². The first-order chi connectivity index (χ1) is 4.64. The topological polar surface area (TPSA) is 20.2 Å². The van der Waals surface area contributed by atoms with Crippen molar-refractivity contribution in [1.82, 2.24) is 0 Å². The van der Waals surface area contributed by atoms with Crippen LogP contribution in [0.25, 0.3) is 0 Å². The summed E-state index contributed by atoms with van der Waals surface area (Å²) < 4.78 is 0. The van der Waals surface area contributed by atoms with Gasteiger partial charge in [0.2, 0.25) is 0 Å². The number of allylic oxidation sites excluding steroid dienone is 2. The Morgan fingerprint density at radius 1 is 1.80 bits per heavy atom. The molecule has 0 saturated heterocycles. The van der Waals surface area contributed by atoms with Gasteiger partial charge in [0, 0.05) is 6.42 Å². The molecule has 0 spiro atoms. The lowest BCUT2D eigenvalue weighted by Crippen LogP contribution is -2.26. The predicted molar refractivity (Wildman–Crippen MR) is 42.8 cm³/mol. The second-order valence-corrected chi connectivity index (χ2v) is 3.20. The highest BCUT2D eigenvalue weighted by molar-refractivity contribution is 5.21. The van der Waals surface area contributed by atoms with Crippen molar-refractivity contribution in [3.8, 4) is 0 Å². The third kappa shape index (κ3) is 1.71. The van der Waals surface area contributed by atoms with E-state index in [-0.39, 0.29) is 0 Å². The first-order valence-electron chi connectivity index (χ1n) is 3.68. The summed E-state index contributed by atoms with van der Waals surface area (Å²) in [6.45, 7) is 5.55. The van der Waals surface area contributed by atoms with Gasteiger partial charge in [0.25, 0.3) is 0 Å². The first kappa shape index (κ1) is 7.55. The van der Waals surface area contributed by atoms with Crippen molar-refractivity contribution >= 4 is 0 Å². The van der Waals surface area contributed by atoms with Crippen molar-refractivity contribution in [2.24, 2.45) is 0 Å². The minimum Gasteiger partial charge on any atom is -0.390 e. The SMILES string of the molecule is C=CC1=CCC[C@@](C)(O)C1. The zero-order valence-electron chi connectivity index (χ0n) is 6.43. The zero-order valence-corrected chi connectivity index (χ0v) is 6.43. The summed E-state index contributed by atoms with van der Waals surface area (Å²) in [6.07, 6.45) is 6.59. The Kier molecular flexibility index (Phi) is 1.95. The fourth-order valence-corrected chi connectivity index (χ4v) is 1.32. The monoisotopic (exact) mass is 138 g/mol. The maximum atomic E-state index is 9.59. The van der Waals surface area contributed by atoms with Crippen molar-refractivity contribution in [1.29, 1.82) is 0 Å². The second kappa shape index (κ2) is 2.59. The van der Waals surface area contributed by atoms with Gasteiger partial charge in [0.1, 0.15) is 0 Å². The largest absolute Gasteiger partial charge is 0.390 e. The minimum atomic E-state index is -0.488. The van der Waals surface area contributed by atoms with Crippen LogP contribution in [0.1, 0.15) is 26.2 Å². The Bertz CT molecular complexity index is 166. The average molecular weight is 138 g/mol. The van der Waals surface area contributed by atoms with E-state index in [4.69, 9.17) is 0 Å². The number of aliphatic hydroxyl groups is 1. The third-order valence-corrected chi connectivity index (χ3v) is 1.94. The predicted octanol–water partition coefficient (Wildman–Crippen LogP) is 2.03. The molecule has 0 heterocycles. The molecule has 1 atom stereocenters. The summed E-state index contributed by atoms with van der Waals surface area (Å²) in [5.74, 6) is 0. The van der Waals surface area contributed by atoms with Gasteiger partial charge < -0.3 is 5.11 Å². The number of hydrogen-bond acceptors (Lipinski definition) is 1. The van der Waals surface area contributed by atoms with Crippen molar-refractivity contribution in [2.75, 3.05) is 0 Å². The summed E-state index contributed by atoms with van der Waals surface area (Å²) in [5, 5.41) is 9.59. The van der Waals surface area contributed by atoms with Crippen molar-refractivity contribution in [3.63, 3.8) is 0 Å². The Morgan fingerprint density at radius 2 is 2.50 bits per heavy atom. The van der Waals surface area contributed by atoms with Gasteiger partial charge in [-0.2, -0.15) is 0 Å². The van der Waals surface area contributed by atoms with Crippen molar-refractivity contribution in [2.45, 2.75) is 31.8 Å². The lowest BCUT2D eigenvalue weighted by molar-refractivity contribution is 0.0487. The highest BCUT2D eigenvalue weighted by Crippen LogP contribution is 2.27. The Hall–Kier alpha value is -0.560. The van der Waals surface area contributed by atoms with Crippen LogP contribution in [0.4, 0.5) is 0 Å². The molecule has 1 rings (SSSR count). The summed E-state index contributed by atoms with van der Waals surface area (Å²) in [4.78, 5) is 0. The van der Waals surface area contributed by atoms with Crippen molar-refractivity contribution in [3.05, 3.63) is 24.3 Å². The second-order valence-electron chi connectivity index (χ2n) is 3.20. The van der Waals surface area contributed by atoms with Crippen LogP contribution in [0.2, 0.25) is 0 Å². The molecule has 0 aliphatic heterocycles. The van der Waals surface area contributed by atoms with E-state index >= 15 is 0 Å². The molecular weight excluding hydrogens is 124 g/mol. The molecule has 10 heavy (non-hydrogen) atoms. The van der Waals surface area contributed by atoms with Crippen molar-refractivity contribution < 1.29 is 5.11 Å². The van der Waals surface area contributed by atoms with E-state index in [0.717, 1.165) is 19.3 Å². The molecule has 1 aliphatic carbocycles. The molecule has 56 valence electrons. The van der Waals surface area contributed by atoms with E-state index in [9.17, 15) is 5.11 Å². The van der Waals surface area contributed by atoms with Gasteiger partial charge in [-0.3, -0.25) is 0 Å². The summed E-state index contributed by atoms with van der Waals surface area (Å²) in [7, 11) is 0. The smallest absolute Gasteiger partial charge is 0.0662 e. The molecule has 0 aromatic heterocycles. The van der Waals surface area contributed by atoms with E-state index in [1.54, 1.807) is 0 Å². The molecule has 0 unspecified atom stereocenters. The number of rotatable bonds is 1. The normalized spacial score (nSPS) is 33.2. The van der Waals surface area contributed by atoms with Gasteiger partial charge in [-0.05, 0) is 25.3 Å². The fourth-order valence-electron chi connectivity index (χ4n) is 1.32. The summed E-state index contributed by atoms with van der Waals surface area (Å²) in [6, 6.07) is 0. The minimum absolute atomic E-state index is 0.488. The molecule has 0 fully saturated rings. The maximum absolute atomic E-state index is 9.59. The molecule has 1 heteroatoms. The Labute approximate surface area is 62.1 Å². The van der Waals surface area contributed by atoms with Crippen LogP contribution in [0, 0.1) is 0 Å². The quantitative estimate of drug-likeness (QED) is 0.588. The van der Waals surface area contributed by atoms with Crippen LogP contribution in [0.5, 0.6) is 0 Å². The average Bonchev–Trinajstić information content (AvgIpc) is 1.86. The van der Waals surface area contributed by atoms with Gasteiger partial charge in [-0.15, -0.1) is 0 Å². The van der Waals surface area contributed by atoms with Crippen LogP contribution in [0.15, 0.2) is 24.3 Å². The van der Waals surface area contributed by atoms with Gasteiger partial charge in [-0.25, -0.2) is 0 Å². The molecule has 0 radical (unpaired) electrons. The standard InChI is InChI=1S/C9H14O/c1-3-8-5-4-6-9(2,10)7-8/h3,5,10H,1,4,6-7H2,2H3/t9-/m1/s1. The lowest BCUT2D eigenvalue weighted by atomic mass is 9.86. The Morgan fingerprint density at radius 3 is 2.90 bits per heavy atom. The molecule has 0 aromatic carbocycles. The van der Waals surface area contributed by atoms with Crippen LogP contribution in [-0.4, -0.2) is 10.7 Å². The van der Waals surface area contributed by atoms with E-state index < -0.39 is 5.60 Å². The maximum Gasteiger partial charge on any atom is 0.0662 e. The van der Waals surface area contributed by atoms with Gasteiger partial charge >= 0.3 is 0 Å². The van der Waals surface area contributed by atoms with E-state index in [0.29, 0.717) is 0 Å². The molecule has 1 N–H and O–H groups in total. The van der Waals surface area contributed by atoms with Gasteiger partial charge in [-0.1, -0.05) is 18.7 Å². The van der Waals surface area contributed by atoms with Gasteiger partial charge in [0.15, 0.2) is 0 Å². The highest BCUT2D eigenvalue weighted by atomic mass is 16.3. The lowest BCUT2D eigenvalue weighted by Gasteiger charge is -2.26. The molecular formula is C9H14O. The number of hydrogen-bond donors (Lipinski definition) is 1. The first-order valence-corrected chi connectivity index (χ1v) is 3.68. The fraction of sp³-hybridized carbons (Fsp3) is 0.556. The van der Waals surface area contributed by atoms with E-state index in [1.807, 2.05) is 13.0 Å². The van der Waals surface area contributed by atoms with Crippen LogP contribution in [0.3, 0.4) is 0 Å². The van der Waals surface area contributed by atoms with Gasteiger partial charge in [0.05, 0.1) is 5.60 Å². The molecule has 0 amide bonds. The molecule has 1 aliphatic rings. The molecule has 0 aromatic rings. The highest BCUT2D eigenvalue weighted by Gasteiger charge is 2.23. The van der Waals surface area contributed by atoms with Crippen LogP contribution < -0.4 is 0 Å². The summed E-state index contributed by atoms with van der Waals surface area (Å²) >= 11 is 0. The molecule has 0 saturated carbocycles. The molecule has 1 nitrogen and oxygen atoms in total. The third-order valence-electron chi connectivity index (χ3n) is 1.94. The van der Waals surface area contributed by atoms with E-state index in [2.05, 4.69) is 12.7 Å².